The van der Waals surface area contributed by atoms with Crippen LogP contribution in [0.2, 0.25) is 0 Å². The first-order valence-corrected chi connectivity index (χ1v) is 14.5. The van der Waals surface area contributed by atoms with Gasteiger partial charge in [0.15, 0.2) is 4.80 Å². The molecule has 0 radical (unpaired) electrons. The van der Waals surface area contributed by atoms with Crippen molar-refractivity contribution in [3.63, 3.8) is 0 Å². The summed E-state index contributed by atoms with van der Waals surface area (Å²) in [5, 5.41) is 0. The number of carbonyl (C=O) groups excluding carboxylic acids is 2. The Bertz CT molecular complexity index is 1840. The molecule has 0 unspecified atom stereocenters. The molecule has 3 heterocycles. The van der Waals surface area contributed by atoms with Crippen molar-refractivity contribution in [3.05, 3.63) is 120 Å². The third-order valence-corrected chi connectivity index (χ3v) is 7.95. The van der Waals surface area contributed by atoms with Crippen molar-refractivity contribution in [3.8, 4) is 5.75 Å². The van der Waals surface area contributed by atoms with E-state index in [0.29, 0.717) is 20.6 Å². The summed E-state index contributed by atoms with van der Waals surface area (Å²) in [7, 11) is 1.52. The number of fused-ring (bicyclic) bond motifs is 1. The fourth-order valence-corrected chi connectivity index (χ4v) is 5.74. The first-order chi connectivity index (χ1) is 20.6. The minimum Gasteiger partial charge on any atom is -0.460 e. The number of esters is 2. The second-order valence-corrected chi connectivity index (χ2v) is 12.0. The van der Waals surface area contributed by atoms with Crippen LogP contribution in [0.1, 0.15) is 61.0 Å². The van der Waals surface area contributed by atoms with E-state index in [9.17, 15) is 14.4 Å². The van der Waals surface area contributed by atoms with Gasteiger partial charge in [0.05, 0.1) is 34.7 Å². The standard InChI is InChI=1S/C33H32N2O7S/c1-20-27(31(38)41-18-17-39-5)28(22-10-14-24(15-11-22)42-30(37)25-7-6-16-40-25)35-29(36)26(43-32(35)34-20)19-21-8-12-23(13-9-21)33(2,3)4/h6-16,19,28H,17-18H2,1-5H3/b26-19-/t28-/m0/s1. The van der Waals surface area contributed by atoms with E-state index >= 15 is 0 Å². The summed E-state index contributed by atoms with van der Waals surface area (Å²) in [4.78, 5) is 44.7. The Morgan fingerprint density at radius 3 is 2.37 bits per heavy atom. The molecule has 1 aliphatic rings. The van der Waals surface area contributed by atoms with Crippen molar-refractivity contribution in [2.75, 3.05) is 20.3 Å². The van der Waals surface area contributed by atoms with E-state index < -0.39 is 18.0 Å². The van der Waals surface area contributed by atoms with Crippen molar-refractivity contribution in [2.45, 2.75) is 39.2 Å². The molecular formula is C33H32N2O7S. The van der Waals surface area contributed by atoms with E-state index in [4.69, 9.17) is 18.6 Å². The Hall–Kier alpha value is -4.54. The van der Waals surface area contributed by atoms with Crippen LogP contribution in [-0.2, 0) is 19.7 Å². The number of ether oxygens (including phenoxy) is 3. The summed E-state index contributed by atoms with van der Waals surface area (Å²) >= 11 is 1.26. The lowest BCUT2D eigenvalue weighted by atomic mass is 9.87. The number of benzene rings is 2. The number of aromatic nitrogens is 1. The summed E-state index contributed by atoms with van der Waals surface area (Å²) < 4.78 is 23.0. The molecule has 1 atom stereocenters. The lowest BCUT2D eigenvalue weighted by Gasteiger charge is -2.25. The summed E-state index contributed by atoms with van der Waals surface area (Å²) in [5.74, 6) is -0.881. The maximum Gasteiger partial charge on any atom is 0.379 e. The first kappa shape index (κ1) is 29.9. The number of thiazole rings is 1. The summed E-state index contributed by atoms with van der Waals surface area (Å²) in [6.45, 7) is 8.45. The quantitative estimate of drug-likeness (QED) is 0.166. The van der Waals surface area contributed by atoms with Gasteiger partial charge in [-0.05, 0) is 59.4 Å². The normalized spacial score (nSPS) is 15.2. The third kappa shape index (κ3) is 6.45. The lowest BCUT2D eigenvalue weighted by molar-refractivity contribution is -0.140. The van der Waals surface area contributed by atoms with Crippen LogP contribution in [0.15, 0.2) is 92.4 Å². The first-order valence-electron chi connectivity index (χ1n) is 13.7. The van der Waals surface area contributed by atoms with E-state index in [1.807, 2.05) is 18.2 Å². The molecule has 1 aliphatic heterocycles. The van der Waals surface area contributed by atoms with Gasteiger partial charge in [0.25, 0.3) is 5.56 Å². The molecule has 0 aliphatic carbocycles. The van der Waals surface area contributed by atoms with Crippen molar-refractivity contribution < 1.29 is 28.2 Å². The number of hydrogen-bond acceptors (Lipinski definition) is 9. The van der Waals surface area contributed by atoms with Crippen molar-refractivity contribution >= 4 is 29.4 Å². The predicted octanol–water partition coefficient (Wildman–Crippen LogP) is 4.53. The molecule has 0 bridgehead atoms. The molecule has 0 amide bonds. The Labute approximate surface area is 252 Å². The Balaban J connectivity index is 1.55. The third-order valence-electron chi connectivity index (χ3n) is 6.97. The zero-order valence-corrected chi connectivity index (χ0v) is 25.4. The maximum absolute atomic E-state index is 13.9. The van der Waals surface area contributed by atoms with Gasteiger partial charge >= 0.3 is 11.9 Å². The second kappa shape index (κ2) is 12.4. The number of methoxy groups -OCH3 is 1. The zero-order chi connectivity index (χ0) is 30.7. The molecule has 9 nitrogen and oxygen atoms in total. The second-order valence-electron chi connectivity index (χ2n) is 11.0. The number of carbonyl (C=O) groups is 2. The molecule has 0 N–H and O–H groups in total. The SMILES string of the molecule is COCCOC(=O)C1=C(C)N=c2s/c(=C\c3ccc(C(C)(C)C)cc3)c(=O)n2[C@H]1c1ccc(OC(=O)c2ccco2)cc1. The van der Waals surface area contributed by atoms with E-state index in [2.05, 4.69) is 37.9 Å². The number of nitrogens with zero attached hydrogens (tertiary/aromatic N) is 2. The molecule has 5 rings (SSSR count). The van der Waals surface area contributed by atoms with Gasteiger partial charge < -0.3 is 18.6 Å². The number of allylic oxidation sites excluding steroid dienone is 1. The Morgan fingerprint density at radius 1 is 1.02 bits per heavy atom. The number of furan rings is 1. The molecule has 43 heavy (non-hydrogen) atoms. The molecule has 0 fully saturated rings. The van der Waals surface area contributed by atoms with Crippen LogP contribution in [0.4, 0.5) is 0 Å². The Kier molecular flexibility index (Phi) is 8.61. The highest BCUT2D eigenvalue weighted by Crippen LogP contribution is 2.32. The van der Waals surface area contributed by atoms with Crippen LogP contribution >= 0.6 is 11.3 Å². The van der Waals surface area contributed by atoms with Crippen molar-refractivity contribution in [2.24, 2.45) is 4.99 Å². The number of hydrogen-bond donors (Lipinski definition) is 0. The van der Waals surface area contributed by atoms with Gasteiger partial charge in [-0.25, -0.2) is 14.6 Å². The molecule has 0 spiro atoms. The minimum atomic E-state index is -0.813. The van der Waals surface area contributed by atoms with Gasteiger partial charge in [-0.15, -0.1) is 0 Å². The van der Waals surface area contributed by atoms with E-state index in [1.165, 1.54) is 40.9 Å². The van der Waals surface area contributed by atoms with Crippen LogP contribution in [0, 0.1) is 0 Å². The molecule has 2 aromatic carbocycles. The molecule has 0 saturated heterocycles. The van der Waals surface area contributed by atoms with Gasteiger partial charge in [-0.2, -0.15) is 0 Å². The van der Waals surface area contributed by atoms with Gasteiger partial charge in [0, 0.05) is 7.11 Å². The highest BCUT2D eigenvalue weighted by atomic mass is 32.1. The molecule has 10 heteroatoms. The highest BCUT2D eigenvalue weighted by Gasteiger charge is 2.33. The van der Waals surface area contributed by atoms with E-state index in [1.54, 1.807) is 37.3 Å². The topological polar surface area (TPSA) is 109 Å². The van der Waals surface area contributed by atoms with Gasteiger partial charge in [0.1, 0.15) is 12.4 Å². The van der Waals surface area contributed by atoms with E-state index in [0.717, 1.165) is 5.56 Å². The van der Waals surface area contributed by atoms with Crippen LogP contribution in [0.3, 0.4) is 0 Å². The van der Waals surface area contributed by atoms with Crippen molar-refractivity contribution in [1.29, 1.82) is 0 Å². The number of rotatable bonds is 8. The van der Waals surface area contributed by atoms with Crippen LogP contribution in [0.5, 0.6) is 5.75 Å². The average Bonchev–Trinajstić information content (AvgIpc) is 3.61. The molecule has 0 saturated carbocycles. The van der Waals surface area contributed by atoms with Gasteiger partial charge in [-0.1, -0.05) is 68.5 Å². The summed E-state index contributed by atoms with van der Waals surface area (Å²) in [6, 6.07) is 17.0. The monoisotopic (exact) mass is 600 g/mol. The molecular weight excluding hydrogens is 568 g/mol. The van der Waals surface area contributed by atoms with Crippen LogP contribution in [-0.4, -0.2) is 36.8 Å². The van der Waals surface area contributed by atoms with Crippen molar-refractivity contribution in [1.82, 2.24) is 4.57 Å². The highest BCUT2D eigenvalue weighted by molar-refractivity contribution is 7.07. The molecule has 2 aromatic heterocycles. The lowest BCUT2D eigenvalue weighted by Crippen LogP contribution is -2.40. The van der Waals surface area contributed by atoms with Crippen LogP contribution in [0.25, 0.3) is 6.08 Å². The van der Waals surface area contributed by atoms with Gasteiger partial charge in [0.2, 0.25) is 5.76 Å². The molecule has 4 aromatic rings. The smallest absolute Gasteiger partial charge is 0.379 e. The maximum atomic E-state index is 13.9. The zero-order valence-electron chi connectivity index (χ0n) is 24.6. The summed E-state index contributed by atoms with van der Waals surface area (Å²) in [5.41, 5.74) is 3.11. The predicted molar refractivity (Wildman–Crippen MR) is 162 cm³/mol. The summed E-state index contributed by atoms with van der Waals surface area (Å²) in [6.07, 6.45) is 3.22. The fraction of sp³-hybridized carbons (Fsp3) is 0.273. The van der Waals surface area contributed by atoms with Gasteiger partial charge in [-0.3, -0.25) is 9.36 Å². The Morgan fingerprint density at radius 2 is 1.74 bits per heavy atom. The van der Waals surface area contributed by atoms with E-state index in [-0.39, 0.29) is 41.3 Å². The largest absolute Gasteiger partial charge is 0.460 e. The molecule has 222 valence electrons. The fourth-order valence-electron chi connectivity index (χ4n) is 4.69. The van der Waals surface area contributed by atoms with Crippen LogP contribution < -0.4 is 19.6 Å². The average molecular weight is 601 g/mol. The minimum absolute atomic E-state index is 0.0102.